The molecule has 1 aliphatic heterocycles. The van der Waals surface area contributed by atoms with E-state index in [4.69, 9.17) is 4.74 Å². The first-order valence-corrected chi connectivity index (χ1v) is 12.9. The number of nitrogens with zero attached hydrogens (tertiary/aromatic N) is 3. The minimum Gasteiger partial charge on any atom is -0.461 e. The van der Waals surface area contributed by atoms with Gasteiger partial charge in [-0.1, -0.05) is 44.7 Å². The molecule has 0 bridgehead atoms. The van der Waals surface area contributed by atoms with E-state index in [1.54, 1.807) is 11.5 Å². The Balaban J connectivity index is 1.76. The second kappa shape index (κ2) is 12.3. The maximum Gasteiger partial charge on any atom is 0.362 e. The van der Waals surface area contributed by atoms with E-state index in [2.05, 4.69) is 30.7 Å². The summed E-state index contributed by atoms with van der Waals surface area (Å²) >= 11 is 0. The number of ether oxygens (including phenoxy) is 1. The average molecular weight is 456 g/mol. The molecule has 182 valence electrons. The summed E-state index contributed by atoms with van der Waals surface area (Å²) in [6, 6.07) is 9.29. The van der Waals surface area contributed by atoms with Crippen molar-refractivity contribution < 1.29 is 9.53 Å². The van der Waals surface area contributed by atoms with Gasteiger partial charge in [0.1, 0.15) is 0 Å². The number of aromatic nitrogens is 2. The van der Waals surface area contributed by atoms with Crippen molar-refractivity contribution in [2.45, 2.75) is 110 Å². The second-order valence-electron chi connectivity index (χ2n) is 9.49. The number of hydrogen-bond acceptors (Lipinski definition) is 5. The van der Waals surface area contributed by atoms with Crippen LogP contribution in [0.4, 0.5) is 0 Å². The number of rotatable bonds is 11. The van der Waals surface area contributed by atoms with Crippen molar-refractivity contribution in [2.75, 3.05) is 6.61 Å². The van der Waals surface area contributed by atoms with Crippen molar-refractivity contribution in [1.29, 1.82) is 0 Å². The highest BCUT2D eigenvalue weighted by atomic mass is 16.5. The zero-order valence-electron chi connectivity index (χ0n) is 20.9. The van der Waals surface area contributed by atoms with Crippen molar-refractivity contribution in [3.63, 3.8) is 0 Å². The summed E-state index contributed by atoms with van der Waals surface area (Å²) in [6.07, 6.45) is 10.8. The van der Waals surface area contributed by atoms with Crippen molar-refractivity contribution in [2.24, 2.45) is 0 Å². The van der Waals surface area contributed by atoms with Crippen LogP contribution in [0.3, 0.4) is 0 Å². The third-order valence-corrected chi connectivity index (χ3v) is 7.06. The van der Waals surface area contributed by atoms with Crippen LogP contribution < -0.4 is 5.56 Å². The minimum absolute atomic E-state index is 0.118. The third-order valence-electron chi connectivity index (χ3n) is 7.06. The van der Waals surface area contributed by atoms with Crippen LogP contribution in [0.15, 0.2) is 29.1 Å². The van der Waals surface area contributed by atoms with E-state index >= 15 is 0 Å². The maximum absolute atomic E-state index is 13.1. The van der Waals surface area contributed by atoms with Gasteiger partial charge in [-0.3, -0.25) is 9.69 Å². The number of hydrogen-bond donors (Lipinski definition) is 0. The van der Waals surface area contributed by atoms with Gasteiger partial charge in [0, 0.05) is 24.7 Å². The van der Waals surface area contributed by atoms with Gasteiger partial charge in [0.25, 0.3) is 5.56 Å². The molecule has 0 N–H and O–H groups in total. The molecule has 0 unspecified atom stereocenters. The quantitative estimate of drug-likeness (QED) is 0.328. The molecule has 0 saturated carbocycles. The molecular weight excluding hydrogens is 414 g/mol. The number of carbonyl (C=O) groups is 1. The van der Waals surface area contributed by atoms with Crippen molar-refractivity contribution in [3.8, 4) is 0 Å². The number of para-hydroxylation sites is 2. The molecular formula is C27H41N3O3. The Morgan fingerprint density at radius 1 is 1.18 bits per heavy atom. The topological polar surface area (TPSA) is 64.4 Å². The lowest BCUT2D eigenvalue weighted by molar-refractivity contribution is 0.0424. The van der Waals surface area contributed by atoms with Gasteiger partial charge in [0.2, 0.25) is 5.69 Å². The molecule has 0 spiro atoms. The Morgan fingerprint density at radius 3 is 2.73 bits per heavy atom. The first-order chi connectivity index (χ1) is 16.0. The number of likely N-dealkylation sites (tertiary alicyclic amines) is 1. The van der Waals surface area contributed by atoms with Gasteiger partial charge >= 0.3 is 5.97 Å². The summed E-state index contributed by atoms with van der Waals surface area (Å²) in [5, 5.41) is 0. The van der Waals surface area contributed by atoms with Gasteiger partial charge in [-0.05, 0) is 65.0 Å². The van der Waals surface area contributed by atoms with Crippen LogP contribution in [0.25, 0.3) is 11.0 Å². The zero-order valence-corrected chi connectivity index (χ0v) is 20.9. The monoisotopic (exact) mass is 455 g/mol. The fraction of sp³-hybridized carbons (Fsp3) is 0.667. The molecule has 33 heavy (non-hydrogen) atoms. The minimum atomic E-state index is -0.643. The fourth-order valence-corrected chi connectivity index (χ4v) is 5.47. The largest absolute Gasteiger partial charge is 0.461 e. The molecule has 1 saturated heterocycles. The molecule has 1 aromatic carbocycles. The lowest BCUT2D eigenvalue weighted by Crippen LogP contribution is -2.50. The van der Waals surface area contributed by atoms with Gasteiger partial charge < -0.3 is 9.30 Å². The number of benzene rings is 1. The Bertz CT molecular complexity index is 971. The highest BCUT2D eigenvalue weighted by molar-refractivity contribution is 5.89. The number of carbonyl (C=O) groups excluding carboxylic acids is 1. The van der Waals surface area contributed by atoms with E-state index in [9.17, 15) is 9.59 Å². The first kappa shape index (κ1) is 25.4. The Labute approximate surface area is 198 Å². The highest BCUT2D eigenvalue weighted by Gasteiger charge is 2.31. The lowest BCUT2D eigenvalue weighted by Gasteiger charge is -2.45. The van der Waals surface area contributed by atoms with E-state index in [-0.39, 0.29) is 17.9 Å². The number of piperidine rings is 1. The molecule has 3 atom stereocenters. The summed E-state index contributed by atoms with van der Waals surface area (Å²) in [5.74, 6) is -0.643. The van der Waals surface area contributed by atoms with Crippen LogP contribution in [0, 0.1) is 0 Å². The van der Waals surface area contributed by atoms with Gasteiger partial charge in [-0.25, -0.2) is 9.78 Å². The van der Waals surface area contributed by atoms with Crippen LogP contribution in [0.1, 0.15) is 96.0 Å². The Morgan fingerprint density at radius 2 is 1.97 bits per heavy atom. The van der Waals surface area contributed by atoms with Crippen LogP contribution in [0.5, 0.6) is 0 Å². The second-order valence-corrected chi connectivity index (χ2v) is 9.49. The molecule has 2 heterocycles. The van der Waals surface area contributed by atoms with E-state index in [0.29, 0.717) is 30.2 Å². The molecule has 6 nitrogen and oxygen atoms in total. The fourth-order valence-electron chi connectivity index (χ4n) is 5.47. The van der Waals surface area contributed by atoms with Crippen LogP contribution in [0.2, 0.25) is 0 Å². The molecule has 1 fully saturated rings. The van der Waals surface area contributed by atoms with Crippen LogP contribution in [-0.2, 0) is 11.3 Å². The number of esters is 1. The molecule has 1 aromatic heterocycles. The van der Waals surface area contributed by atoms with Crippen LogP contribution >= 0.6 is 0 Å². The molecule has 3 rings (SSSR count). The summed E-state index contributed by atoms with van der Waals surface area (Å²) in [6.45, 7) is 9.55. The van der Waals surface area contributed by atoms with E-state index in [0.717, 1.165) is 18.4 Å². The molecule has 0 aliphatic carbocycles. The van der Waals surface area contributed by atoms with Gasteiger partial charge in [0.15, 0.2) is 0 Å². The number of fused-ring (bicyclic) bond motifs is 1. The predicted octanol–water partition coefficient (Wildman–Crippen LogP) is 5.57. The number of unbranched alkanes of at least 4 members (excludes halogenated alkanes) is 2. The van der Waals surface area contributed by atoms with Crippen LogP contribution in [-0.4, -0.2) is 45.2 Å². The molecule has 2 aromatic rings. The maximum atomic E-state index is 13.1. The third kappa shape index (κ3) is 6.23. The molecule has 0 radical (unpaired) electrons. The molecule has 6 heteroatoms. The zero-order chi connectivity index (χ0) is 23.8. The lowest BCUT2D eigenvalue weighted by atomic mass is 9.90. The van der Waals surface area contributed by atoms with Gasteiger partial charge in [0.05, 0.1) is 17.6 Å². The highest BCUT2D eigenvalue weighted by Crippen LogP contribution is 2.29. The smallest absolute Gasteiger partial charge is 0.362 e. The normalized spacial score (nSPS) is 20.1. The summed E-state index contributed by atoms with van der Waals surface area (Å²) in [4.78, 5) is 32.5. The first-order valence-electron chi connectivity index (χ1n) is 12.9. The Kier molecular flexibility index (Phi) is 9.48. The summed E-state index contributed by atoms with van der Waals surface area (Å²) in [5.41, 5.74) is 0.955. The van der Waals surface area contributed by atoms with Crippen molar-refractivity contribution >= 4 is 17.0 Å². The van der Waals surface area contributed by atoms with Crippen molar-refractivity contribution in [3.05, 3.63) is 40.3 Å². The summed E-state index contributed by atoms with van der Waals surface area (Å²) in [7, 11) is 0. The average Bonchev–Trinajstić information content (AvgIpc) is 2.80. The standard InChI is InChI=1S/C27H41N3O3/c1-5-7-8-13-20(3)30-21(4)14-11-15-22(30)16-12-19-29-24-18-10-9-17-23(24)28-25(26(29)31)27(32)33-6-2/h9-10,17-18,20-22H,5-8,11-16,19H2,1-4H3/t20-,21-,22-/m0/s1. The van der Waals surface area contributed by atoms with E-state index < -0.39 is 5.97 Å². The Hall–Kier alpha value is -2.21. The van der Waals surface area contributed by atoms with Gasteiger partial charge in [-0.2, -0.15) is 0 Å². The van der Waals surface area contributed by atoms with Gasteiger partial charge in [-0.15, -0.1) is 0 Å². The van der Waals surface area contributed by atoms with E-state index in [1.807, 2.05) is 24.3 Å². The predicted molar refractivity (Wildman–Crippen MR) is 134 cm³/mol. The molecule has 0 amide bonds. The van der Waals surface area contributed by atoms with Crippen molar-refractivity contribution in [1.82, 2.24) is 14.5 Å². The molecule has 1 aliphatic rings. The SMILES string of the molecule is CCCCC[C@H](C)N1[C@H](CCCn2c(=O)c(C(=O)OCC)nc3ccccc32)CCC[C@@H]1C. The number of aryl methyl sites for hydroxylation is 1. The summed E-state index contributed by atoms with van der Waals surface area (Å²) < 4.78 is 6.80. The van der Waals surface area contributed by atoms with E-state index in [1.165, 1.54) is 44.9 Å².